The number of nitrogens with zero attached hydrogens (tertiary/aromatic N) is 1. The quantitative estimate of drug-likeness (QED) is 0.516. The van der Waals surface area contributed by atoms with Gasteiger partial charge in [0.15, 0.2) is 0 Å². The van der Waals surface area contributed by atoms with Gasteiger partial charge in [0, 0.05) is 24.3 Å². The first-order valence-corrected chi connectivity index (χ1v) is 5.63. The fraction of sp³-hybridized carbons (Fsp3) is 0.667. The van der Waals surface area contributed by atoms with Crippen LogP contribution in [0.3, 0.4) is 0 Å². The van der Waals surface area contributed by atoms with Gasteiger partial charge in [-0.2, -0.15) is 11.8 Å². The number of amides is 1. The third kappa shape index (κ3) is 3.36. The van der Waals surface area contributed by atoms with Gasteiger partial charge in [0.05, 0.1) is 0 Å². The van der Waals surface area contributed by atoms with E-state index in [1.54, 1.807) is 23.5 Å². The lowest BCUT2D eigenvalue weighted by molar-refractivity contribution is 0.153. The molecular weight excluding hydrogens is 196 g/mol. The van der Waals surface area contributed by atoms with Crippen LogP contribution in [-0.4, -0.2) is 35.4 Å². The van der Waals surface area contributed by atoms with Crippen molar-refractivity contribution in [2.45, 2.75) is 0 Å². The predicted octanol–water partition coefficient (Wildman–Crippen LogP) is 1.14. The minimum Gasteiger partial charge on any atom is -0.323 e. The van der Waals surface area contributed by atoms with Crippen LogP contribution in [0, 0.1) is 0 Å². The Morgan fingerprint density at radius 1 is 1.67 bits per heavy atom. The number of hydrogen-bond donors (Lipinski definition) is 1. The second-order valence-corrected chi connectivity index (χ2v) is 4.29. The van der Waals surface area contributed by atoms with E-state index in [1.165, 1.54) is 7.05 Å². The van der Waals surface area contributed by atoms with E-state index < -0.39 is 6.09 Å². The van der Waals surface area contributed by atoms with Crippen LogP contribution in [0.5, 0.6) is 0 Å². The van der Waals surface area contributed by atoms with Gasteiger partial charge in [0.25, 0.3) is 0 Å². The van der Waals surface area contributed by atoms with Crippen molar-refractivity contribution >= 4 is 34.7 Å². The van der Waals surface area contributed by atoms with E-state index in [2.05, 4.69) is 15.3 Å². The molecule has 0 aromatic rings. The molecular formula is C6H10N2O2S2. The Morgan fingerprint density at radius 2 is 2.50 bits per heavy atom. The summed E-state index contributed by atoms with van der Waals surface area (Å²) in [6.45, 7) is 0. The number of thioether (sulfide) groups is 2. The van der Waals surface area contributed by atoms with Crippen LogP contribution in [0.4, 0.5) is 4.79 Å². The normalized spacial score (nSPS) is 20.6. The molecule has 0 aliphatic carbocycles. The van der Waals surface area contributed by atoms with Gasteiger partial charge in [-0.25, -0.2) is 4.79 Å². The van der Waals surface area contributed by atoms with E-state index in [0.717, 1.165) is 22.3 Å². The summed E-state index contributed by atoms with van der Waals surface area (Å²) < 4.78 is 0. The Balaban J connectivity index is 2.29. The summed E-state index contributed by atoms with van der Waals surface area (Å²) in [5.41, 5.74) is 0. The number of oxime groups is 1. The highest BCUT2D eigenvalue weighted by Gasteiger charge is 2.08. The lowest BCUT2D eigenvalue weighted by Crippen LogP contribution is -2.18. The van der Waals surface area contributed by atoms with Crippen molar-refractivity contribution in [3.05, 3.63) is 0 Å². The second kappa shape index (κ2) is 5.31. The molecule has 12 heavy (non-hydrogen) atoms. The first kappa shape index (κ1) is 9.73. The maximum atomic E-state index is 10.6. The van der Waals surface area contributed by atoms with Crippen molar-refractivity contribution in [1.82, 2.24) is 5.32 Å². The van der Waals surface area contributed by atoms with Gasteiger partial charge in [0.2, 0.25) is 0 Å². The average molecular weight is 206 g/mol. The molecule has 0 atom stereocenters. The molecule has 0 aromatic carbocycles. The van der Waals surface area contributed by atoms with Crippen LogP contribution in [0.25, 0.3) is 0 Å². The van der Waals surface area contributed by atoms with Gasteiger partial charge < -0.3 is 5.32 Å². The van der Waals surface area contributed by atoms with Crippen molar-refractivity contribution < 1.29 is 9.63 Å². The Kier molecular flexibility index (Phi) is 4.31. The highest BCUT2D eigenvalue weighted by molar-refractivity contribution is 8.18. The largest absolute Gasteiger partial charge is 0.433 e. The van der Waals surface area contributed by atoms with Gasteiger partial charge in [-0.05, 0) is 0 Å². The minimum atomic E-state index is -0.515. The van der Waals surface area contributed by atoms with E-state index >= 15 is 0 Å². The zero-order valence-electron chi connectivity index (χ0n) is 6.70. The molecule has 0 radical (unpaired) electrons. The molecule has 0 aromatic heterocycles. The minimum absolute atomic E-state index is 0.515. The van der Waals surface area contributed by atoms with Gasteiger partial charge in [-0.1, -0.05) is 5.16 Å². The van der Waals surface area contributed by atoms with Gasteiger partial charge in [0.1, 0.15) is 5.04 Å². The van der Waals surface area contributed by atoms with Crippen molar-refractivity contribution in [1.29, 1.82) is 0 Å². The van der Waals surface area contributed by atoms with Crippen LogP contribution < -0.4 is 5.32 Å². The number of carbonyl (C=O) groups excluding carboxylic acids is 1. The third-order valence-corrected chi connectivity index (χ3v) is 3.53. The highest BCUT2D eigenvalue weighted by atomic mass is 32.2. The number of carbonyl (C=O) groups is 1. The zero-order valence-corrected chi connectivity index (χ0v) is 8.33. The highest BCUT2D eigenvalue weighted by Crippen LogP contribution is 2.19. The van der Waals surface area contributed by atoms with Crippen LogP contribution in [0.1, 0.15) is 0 Å². The summed E-state index contributed by atoms with van der Waals surface area (Å²) >= 11 is 3.44. The lowest BCUT2D eigenvalue weighted by atomic mass is 10.9. The van der Waals surface area contributed by atoms with Gasteiger partial charge in [-0.3, -0.25) is 4.84 Å². The van der Waals surface area contributed by atoms with Crippen LogP contribution in [0.15, 0.2) is 5.16 Å². The molecule has 0 unspecified atom stereocenters. The topological polar surface area (TPSA) is 50.7 Å². The Morgan fingerprint density at radius 3 is 3.08 bits per heavy atom. The molecule has 1 amide bonds. The predicted molar refractivity (Wildman–Crippen MR) is 52.8 cm³/mol. The standard InChI is InChI=1S/C6H10N2O2S2/c1-7-6(9)10-8-5-4-11-2-3-12-5/h2-4H2,1H3,(H,7,9)/b8-5+. The Labute approximate surface area is 79.5 Å². The fourth-order valence-corrected chi connectivity index (χ4v) is 2.70. The van der Waals surface area contributed by atoms with Crippen molar-refractivity contribution in [2.24, 2.45) is 5.16 Å². The van der Waals surface area contributed by atoms with Crippen molar-refractivity contribution in [3.8, 4) is 0 Å². The maximum absolute atomic E-state index is 10.6. The molecule has 68 valence electrons. The smallest absolute Gasteiger partial charge is 0.323 e. The van der Waals surface area contributed by atoms with E-state index in [4.69, 9.17) is 0 Å². The van der Waals surface area contributed by atoms with Crippen LogP contribution in [-0.2, 0) is 4.84 Å². The van der Waals surface area contributed by atoms with Crippen LogP contribution in [0.2, 0.25) is 0 Å². The SMILES string of the molecule is CNC(=O)O/N=C1\CSCCS1. The number of nitrogens with one attached hydrogen (secondary N) is 1. The summed E-state index contributed by atoms with van der Waals surface area (Å²) in [6.07, 6.45) is -0.515. The number of rotatable bonds is 1. The molecule has 1 N–H and O–H groups in total. The Bertz CT molecular complexity index is 188. The van der Waals surface area contributed by atoms with Crippen LogP contribution >= 0.6 is 23.5 Å². The summed E-state index contributed by atoms with van der Waals surface area (Å²) in [5, 5.41) is 6.91. The third-order valence-electron chi connectivity index (χ3n) is 1.16. The molecule has 1 aliphatic rings. The summed E-state index contributed by atoms with van der Waals surface area (Å²) in [6, 6.07) is 0. The summed E-state index contributed by atoms with van der Waals surface area (Å²) in [5.74, 6) is 3.03. The molecule has 4 nitrogen and oxygen atoms in total. The second-order valence-electron chi connectivity index (χ2n) is 2.01. The average Bonchev–Trinajstić information content (AvgIpc) is 2.16. The molecule has 0 saturated carbocycles. The molecule has 1 aliphatic heterocycles. The number of hydrogen-bond acceptors (Lipinski definition) is 5. The Hall–Kier alpha value is -0.360. The molecule has 6 heteroatoms. The molecule has 1 fully saturated rings. The van der Waals surface area contributed by atoms with E-state index in [1.807, 2.05) is 0 Å². The van der Waals surface area contributed by atoms with E-state index in [9.17, 15) is 4.79 Å². The summed E-state index contributed by atoms with van der Waals surface area (Å²) in [4.78, 5) is 15.1. The monoisotopic (exact) mass is 206 g/mol. The van der Waals surface area contributed by atoms with Gasteiger partial charge in [-0.15, -0.1) is 11.8 Å². The molecule has 1 heterocycles. The molecule has 0 bridgehead atoms. The fourth-order valence-electron chi connectivity index (χ4n) is 0.610. The van der Waals surface area contributed by atoms with Gasteiger partial charge >= 0.3 is 6.09 Å². The van der Waals surface area contributed by atoms with Crippen molar-refractivity contribution in [2.75, 3.05) is 24.3 Å². The van der Waals surface area contributed by atoms with Crippen molar-refractivity contribution in [3.63, 3.8) is 0 Å². The molecule has 0 spiro atoms. The van der Waals surface area contributed by atoms with E-state index in [0.29, 0.717) is 0 Å². The lowest BCUT2D eigenvalue weighted by Gasteiger charge is -2.09. The first-order valence-electron chi connectivity index (χ1n) is 3.49. The summed E-state index contributed by atoms with van der Waals surface area (Å²) in [7, 11) is 1.51. The van der Waals surface area contributed by atoms with E-state index in [-0.39, 0.29) is 0 Å². The maximum Gasteiger partial charge on any atom is 0.433 e. The molecule has 1 saturated heterocycles. The zero-order chi connectivity index (χ0) is 8.81. The first-order chi connectivity index (χ1) is 5.83. The molecule has 1 rings (SSSR count).